The maximum Gasteiger partial charge on any atom is 0.311 e. The Kier molecular flexibility index (Phi) is 3.44. The normalized spacial score (nSPS) is 29.3. The fourth-order valence-electron chi connectivity index (χ4n) is 2.54. The molecule has 21 heavy (non-hydrogen) atoms. The van der Waals surface area contributed by atoms with E-state index in [4.69, 9.17) is 4.74 Å². The topological polar surface area (TPSA) is 117 Å². The molecule has 0 saturated carbocycles. The highest BCUT2D eigenvalue weighted by Crippen LogP contribution is 2.32. The van der Waals surface area contributed by atoms with Crippen LogP contribution in [-0.4, -0.2) is 43.1 Å². The molecule has 1 aliphatic rings. The maximum absolute atomic E-state index is 12.2. The van der Waals surface area contributed by atoms with E-state index in [2.05, 4.69) is 9.97 Å². The fourth-order valence-corrected chi connectivity index (χ4v) is 3.39. The first-order valence-corrected chi connectivity index (χ1v) is 7.39. The molecule has 3 heterocycles. The van der Waals surface area contributed by atoms with Crippen LogP contribution in [0.4, 0.5) is 0 Å². The number of aromatic amines is 1. The highest BCUT2D eigenvalue weighted by atomic mass is 32.1. The molecule has 0 aromatic carbocycles. The van der Waals surface area contributed by atoms with Crippen molar-refractivity contribution in [3.05, 3.63) is 25.8 Å². The van der Waals surface area contributed by atoms with Crippen molar-refractivity contribution < 1.29 is 14.9 Å². The van der Waals surface area contributed by atoms with Crippen molar-refractivity contribution in [2.24, 2.45) is 0 Å². The Labute approximate surface area is 122 Å². The van der Waals surface area contributed by atoms with Gasteiger partial charge in [0.2, 0.25) is 0 Å². The highest BCUT2D eigenvalue weighted by molar-refractivity contribution is 7.16. The summed E-state index contributed by atoms with van der Waals surface area (Å²) in [5.41, 5.74) is -0.238. The Morgan fingerprint density at radius 3 is 2.71 bits per heavy atom. The molecular formula is C12H15N3O5S. The third-order valence-corrected chi connectivity index (χ3v) is 4.53. The molecule has 4 atom stereocenters. The first kappa shape index (κ1) is 14.4. The number of hydrogen-bond donors (Lipinski definition) is 3. The van der Waals surface area contributed by atoms with Crippen molar-refractivity contribution in [1.82, 2.24) is 14.5 Å². The summed E-state index contributed by atoms with van der Waals surface area (Å²) in [6.45, 7) is 3.41. The van der Waals surface area contributed by atoms with Gasteiger partial charge in [0.05, 0.1) is 6.10 Å². The van der Waals surface area contributed by atoms with Crippen LogP contribution in [-0.2, 0) is 4.74 Å². The van der Waals surface area contributed by atoms with E-state index in [1.807, 2.05) is 6.92 Å². The van der Waals surface area contributed by atoms with Gasteiger partial charge in [-0.25, -0.2) is 4.98 Å². The van der Waals surface area contributed by atoms with E-state index >= 15 is 0 Å². The summed E-state index contributed by atoms with van der Waals surface area (Å²) in [5.74, 6) is 0.360. The third-order valence-electron chi connectivity index (χ3n) is 3.59. The molecule has 3 rings (SSSR count). The number of H-pyrrole nitrogens is 1. The molecular weight excluding hydrogens is 298 g/mol. The van der Waals surface area contributed by atoms with Crippen LogP contribution in [0.3, 0.4) is 0 Å². The molecule has 1 fully saturated rings. The average Bonchev–Trinajstić information content (AvgIpc) is 2.89. The molecule has 114 valence electrons. The second-order valence-corrected chi connectivity index (χ2v) is 5.96. The van der Waals surface area contributed by atoms with Crippen LogP contribution in [0, 0.1) is 6.92 Å². The first-order valence-electron chi connectivity index (χ1n) is 6.57. The van der Waals surface area contributed by atoms with Gasteiger partial charge >= 0.3 is 4.87 Å². The molecule has 2 aromatic heterocycles. The smallest absolute Gasteiger partial charge is 0.311 e. The molecule has 0 unspecified atom stereocenters. The summed E-state index contributed by atoms with van der Waals surface area (Å²) in [6.07, 6.45) is -3.43. The lowest BCUT2D eigenvalue weighted by atomic mass is 10.1. The van der Waals surface area contributed by atoms with Crippen LogP contribution in [0.5, 0.6) is 0 Å². The van der Waals surface area contributed by atoms with Crippen LogP contribution in [0.1, 0.15) is 25.4 Å². The molecule has 0 spiro atoms. The molecule has 1 saturated heterocycles. The van der Waals surface area contributed by atoms with Gasteiger partial charge in [-0.15, -0.1) is 0 Å². The Hall–Kier alpha value is -1.55. The molecule has 0 bridgehead atoms. The van der Waals surface area contributed by atoms with Gasteiger partial charge in [-0.1, -0.05) is 18.3 Å². The Balaban J connectivity index is 2.20. The van der Waals surface area contributed by atoms with E-state index in [0.717, 1.165) is 15.9 Å². The second kappa shape index (κ2) is 5.02. The number of aromatic nitrogens is 3. The van der Waals surface area contributed by atoms with Crippen molar-refractivity contribution in [2.45, 2.75) is 44.8 Å². The van der Waals surface area contributed by atoms with Gasteiger partial charge in [-0.05, 0) is 13.3 Å². The van der Waals surface area contributed by atoms with E-state index < -0.39 is 35.0 Å². The first-order chi connectivity index (χ1) is 9.93. The number of thiazole rings is 1. The fraction of sp³-hybridized carbons (Fsp3) is 0.583. The maximum atomic E-state index is 12.2. The molecule has 2 aromatic rings. The number of rotatable bonds is 2. The van der Waals surface area contributed by atoms with Gasteiger partial charge < -0.3 is 19.9 Å². The number of nitrogens with zero attached hydrogens (tertiary/aromatic N) is 2. The van der Waals surface area contributed by atoms with Gasteiger partial charge in [0.1, 0.15) is 22.7 Å². The Morgan fingerprint density at radius 1 is 1.38 bits per heavy atom. The highest BCUT2D eigenvalue weighted by Gasteiger charge is 2.44. The molecule has 3 N–H and O–H groups in total. The Morgan fingerprint density at radius 2 is 2.10 bits per heavy atom. The van der Waals surface area contributed by atoms with Crippen molar-refractivity contribution in [1.29, 1.82) is 0 Å². The molecule has 0 aliphatic carbocycles. The van der Waals surface area contributed by atoms with Crippen LogP contribution in [0.2, 0.25) is 0 Å². The lowest BCUT2D eigenvalue weighted by Crippen LogP contribution is -2.33. The minimum Gasteiger partial charge on any atom is -0.388 e. The van der Waals surface area contributed by atoms with Crippen LogP contribution >= 0.6 is 11.3 Å². The molecule has 0 radical (unpaired) electrons. The predicted octanol–water partition coefficient (Wildman–Crippen LogP) is -0.516. The van der Waals surface area contributed by atoms with Crippen molar-refractivity contribution in [3.8, 4) is 0 Å². The third kappa shape index (κ3) is 2.13. The van der Waals surface area contributed by atoms with Gasteiger partial charge in [0.25, 0.3) is 5.56 Å². The number of aliphatic hydroxyl groups excluding tert-OH is 2. The predicted molar refractivity (Wildman–Crippen MR) is 75.5 cm³/mol. The van der Waals surface area contributed by atoms with E-state index in [-0.39, 0.29) is 10.3 Å². The summed E-state index contributed by atoms with van der Waals surface area (Å²) in [7, 11) is 0. The van der Waals surface area contributed by atoms with Gasteiger partial charge in [0.15, 0.2) is 11.9 Å². The lowest BCUT2D eigenvalue weighted by Gasteiger charge is -2.15. The SMILES string of the molecule is CC[C@H]1O[C@@H](n2c(=O)sc3c(=O)[nH]c(C)nc32)[C@H](O)[C@@H]1O. The molecule has 9 heteroatoms. The summed E-state index contributed by atoms with van der Waals surface area (Å²) < 4.78 is 6.89. The molecule has 1 aliphatic heterocycles. The van der Waals surface area contributed by atoms with Gasteiger partial charge in [-0.3, -0.25) is 14.2 Å². The number of ether oxygens (including phenoxy) is 1. The average molecular weight is 313 g/mol. The summed E-state index contributed by atoms with van der Waals surface area (Å²) in [5, 5.41) is 20.0. The van der Waals surface area contributed by atoms with Crippen molar-refractivity contribution >= 4 is 21.7 Å². The monoisotopic (exact) mass is 313 g/mol. The van der Waals surface area contributed by atoms with Gasteiger partial charge in [0, 0.05) is 0 Å². The van der Waals surface area contributed by atoms with Crippen LogP contribution < -0.4 is 10.4 Å². The lowest BCUT2D eigenvalue weighted by molar-refractivity contribution is -0.0365. The number of fused-ring (bicyclic) bond motifs is 1. The minimum absolute atomic E-state index is 0.166. The summed E-state index contributed by atoms with van der Waals surface area (Å²) in [6, 6.07) is 0. The van der Waals surface area contributed by atoms with Crippen LogP contribution in [0.25, 0.3) is 10.3 Å². The number of nitrogens with one attached hydrogen (secondary N) is 1. The number of aryl methyl sites for hydroxylation is 1. The number of hydrogen-bond acceptors (Lipinski definition) is 7. The number of aliphatic hydroxyl groups is 2. The second-order valence-electron chi connectivity index (χ2n) is 5.00. The molecule has 8 nitrogen and oxygen atoms in total. The van der Waals surface area contributed by atoms with Gasteiger partial charge in [-0.2, -0.15) is 0 Å². The quantitative estimate of drug-likeness (QED) is 0.687. The van der Waals surface area contributed by atoms with E-state index in [1.54, 1.807) is 6.92 Å². The zero-order chi connectivity index (χ0) is 15.3. The van der Waals surface area contributed by atoms with E-state index in [1.165, 1.54) is 0 Å². The zero-order valence-corrected chi connectivity index (χ0v) is 12.3. The summed E-state index contributed by atoms with van der Waals surface area (Å²) in [4.78, 5) is 30.2. The van der Waals surface area contributed by atoms with Crippen LogP contribution in [0.15, 0.2) is 9.59 Å². The summed E-state index contributed by atoms with van der Waals surface area (Å²) >= 11 is 0.741. The molecule has 0 amide bonds. The minimum atomic E-state index is -1.24. The van der Waals surface area contributed by atoms with Crippen molar-refractivity contribution in [3.63, 3.8) is 0 Å². The van der Waals surface area contributed by atoms with Crippen molar-refractivity contribution in [2.75, 3.05) is 0 Å². The van der Waals surface area contributed by atoms with E-state index in [0.29, 0.717) is 12.2 Å². The standard InChI is InChI=1S/C12H15N3O5S/c1-3-5-6(16)7(17)11(20-5)15-9-8(21-12(15)19)10(18)14-4(2)13-9/h5-7,11,16-17H,3H2,1-2H3,(H,13,14,18)/t5-,6-,7-,11-/m1/s1. The Bertz CT molecular complexity index is 794. The zero-order valence-electron chi connectivity index (χ0n) is 11.4. The largest absolute Gasteiger partial charge is 0.388 e. The van der Waals surface area contributed by atoms with E-state index in [9.17, 15) is 19.8 Å².